The number of carbonyl (C=O) groups is 1. The lowest BCUT2D eigenvalue weighted by atomic mass is 10.1. The molecule has 1 aliphatic rings. The molecule has 1 N–H and O–H groups in total. The van der Waals surface area contributed by atoms with E-state index < -0.39 is 5.82 Å². The van der Waals surface area contributed by atoms with Gasteiger partial charge in [0.15, 0.2) is 11.5 Å². The number of methoxy groups -OCH3 is 2. The molecule has 1 amide bonds. The van der Waals surface area contributed by atoms with Crippen molar-refractivity contribution in [3.8, 4) is 11.5 Å². The van der Waals surface area contributed by atoms with Gasteiger partial charge >= 0.3 is 0 Å². The van der Waals surface area contributed by atoms with E-state index in [0.29, 0.717) is 67.8 Å². The molecule has 4 rings (SSSR count). The second kappa shape index (κ2) is 12.2. The van der Waals surface area contributed by atoms with Crippen molar-refractivity contribution in [1.29, 1.82) is 0 Å². The zero-order chi connectivity index (χ0) is 25.5. The number of aromatic nitrogens is 2. The molecule has 0 spiro atoms. The number of nitrogens with zero attached hydrogens (tertiary/aromatic N) is 3. The standard InChI is InChI=1S/C25H28ClFN4O5/c1-33-9-10-35-22-13-21-16(14-28-25(30-21)29-17-3-4-20(27)19(26)12-17)11-23(22)36-18-5-7-31(8-6-18)24(32)15-34-2/h3-4,11-14,18H,5-10,15H2,1-2H3,(H,28,29,30). The summed E-state index contributed by atoms with van der Waals surface area (Å²) in [7, 11) is 3.12. The molecule has 11 heteroatoms. The number of amides is 1. The van der Waals surface area contributed by atoms with Crippen LogP contribution >= 0.6 is 11.6 Å². The first-order valence-corrected chi connectivity index (χ1v) is 11.9. The Bertz CT molecular complexity index is 1210. The van der Waals surface area contributed by atoms with Crippen molar-refractivity contribution < 1.29 is 28.1 Å². The normalized spacial score (nSPS) is 14.2. The molecule has 9 nitrogen and oxygen atoms in total. The largest absolute Gasteiger partial charge is 0.487 e. The lowest BCUT2D eigenvalue weighted by Gasteiger charge is -2.32. The number of likely N-dealkylation sites (tertiary alicyclic amines) is 1. The van der Waals surface area contributed by atoms with Gasteiger partial charge in [0.2, 0.25) is 11.9 Å². The van der Waals surface area contributed by atoms with Gasteiger partial charge in [0.05, 0.1) is 17.1 Å². The van der Waals surface area contributed by atoms with Gasteiger partial charge in [-0.1, -0.05) is 11.6 Å². The summed E-state index contributed by atoms with van der Waals surface area (Å²) in [4.78, 5) is 22.8. The molecule has 192 valence electrons. The number of anilines is 2. The zero-order valence-electron chi connectivity index (χ0n) is 20.1. The maximum atomic E-state index is 13.5. The smallest absolute Gasteiger partial charge is 0.248 e. The molecule has 0 aliphatic carbocycles. The maximum Gasteiger partial charge on any atom is 0.248 e. The minimum absolute atomic E-state index is 0.00491. The molecule has 0 atom stereocenters. The third kappa shape index (κ3) is 6.51. The Morgan fingerprint density at radius 3 is 2.67 bits per heavy atom. The number of benzene rings is 2. The Balaban J connectivity index is 1.52. The number of nitrogens with one attached hydrogen (secondary N) is 1. The predicted octanol–water partition coefficient (Wildman–Crippen LogP) is 4.21. The number of piperidine rings is 1. The average molecular weight is 519 g/mol. The first kappa shape index (κ1) is 25.9. The van der Waals surface area contributed by atoms with Crippen LogP contribution in [0.1, 0.15) is 12.8 Å². The summed E-state index contributed by atoms with van der Waals surface area (Å²) in [6.07, 6.45) is 3.01. The summed E-state index contributed by atoms with van der Waals surface area (Å²) in [5.74, 6) is 0.922. The van der Waals surface area contributed by atoms with Crippen LogP contribution in [-0.2, 0) is 14.3 Å². The molecule has 0 radical (unpaired) electrons. The molecule has 0 bridgehead atoms. The van der Waals surface area contributed by atoms with Crippen LogP contribution in [0.2, 0.25) is 5.02 Å². The zero-order valence-corrected chi connectivity index (χ0v) is 20.9. The third-order valence-corrected chi connectivity index (χ3v) is 6.01. The van der Waals surface area contributed by atoms with Gasteiger partial charge in [0.25, 0.3) is 0 Å². The fourth-order valence-corrected chi connectivity index (χ4v) is 4.04. The molecule has 36 heavy (non-hydrogen) atoms. The predicted molar refractivity (Wildman–Crippen MR) is 134 cm³/mol. The van der Waals surface area contributed by atoms with E-state index in [1.807, 2.05) is 6.07 Å². The molecule has 1 aromatic heterocycles. The summed E-state index contributed by atoms with van der Waals surface area (Å²) in [5.41, 5.74) is 1.20. The number of rotatable bonds is 10. The van der Waals surface area contributed by atoms with Crippen LogP contribution in [-0.4, -0.2) is 74.0 Å². The highest BCUT2D eigenvalue weighted by Crippen LogP contribution is 2.34. The van der Waals surface area contributed by atoms with Gasteiger partial charge in [-0.25, -0.2) is 14.4 Å². The topological polar surface area (TPSA) is 95.0 Å². The van der Waals surface area contributed by atoms with E-state index in [4.69, 9.17) is 30.5 Å². The second-order valence-corrected chi connectivity index (χ2v) is 8.68. The quantitative estimate of drug-likeness (QED) is 0.399. The summed E-state index contributed by atoms with van der Waals surface area (Å²) >= 11 is 5.87. The lowest BCUT2D eigenvalue weighted by Crippen LogP contribution is -2.43. The van der Waals surface area contributed by atoms with Gasteiger partial charge in [0.1, 0.15) is 25.1 Å². The van der Waals surface area contributed by atoms with Gasteiger partial charge in [-0.15, -0.1) is 0 Å². The highest BCUT2D eigenvalue weighted by atomic mass is 35.5. The average Bonchev–Trinajstić information content (AvgIpc) is 2.87. The Labute approximate surface area is 213 Å². The van der Waals surface area contributed by atoms with Crippen LogP contribution in [0, 0.1) is 5.82 Å². The number of fused-ring (bicyclic) bond motifs is 1. The number of halogens is 2. The SMILES string of the molecule is COCCOc1cc2nc(Nc3ccc(F)c(Cl)c3)ncc2cc1OC1CCN(C(=O)COC)CC1. The minimum Gasteiger partial charge on any atom is -0.487 e. The third-order valence-electron chi connectivity index (χ3n) is 5.72. The number of hydrogen-bond donors (Lipinski definition) is 1. The van der Waals surface area contributed by atoms with Crippen LogP contribution in [0.4, 0.5) is 16.0 Å². The van der Waals surface area contributed by atoms with Crippen molar-refractivity contribution >= 4 is 40.0 Å². The Hall–Kier alpha value is -3.21. The minimum atomic E-state index is -0.501. The highest BCUT2D eigenvalue weighted by molar-refractivity contribution is 6.31. The summed E-state index contributed by atoms with van der Waals surface area (Å²) in [6.45, 7) is 2.04. The summed E-state index contributed by atoms with van der Waals surface area (Å²) < 4.78 is 35.8. The van der Waals surface area contributed by atoms with Crippen molar-refractivity contribution in [3.63, 3.8) is 0 Å². The Kier molecular flexibility index (Phi) is 8.74. The monoisotopic (exact) mass is 518 g/mol. The molecule has 1 fully saturated rings. The van der Waals surface area contributed by atoms with E-state index in [2.05, 4.69) is 15.3 Å². The fourth-order valence-electron chi connectivity index (χ4n) is 3.86. The summed E-state index contributed by atoms with van der Waals surface area (Å²) in [5, 5.41) is 3.80. The van der Waals surface area contributed by atoms with Crippen molar-refractivity contribution in [3.05, 3.63) is 47.4 Å². The van der Waals surface area contributed by atoms with Gasteiger partial charge in [0, 0.05) is 63.5 Å². The fraction of sp³-hybridized carbons (Fsp3) is 0.400. The van der Waals surface area contributed by atoms with E-state index in [1.54, 1.807) is 30.3 Å². The molecule has 0 saturated carbocycles. The lowest BCUT2D eigenvalue weighted by molar-refractivity contribution is -0.136. The molecule has 2 heterocycles. The molecule has 1 saturated heterocycles. The van der Waals surface area contributed by atoms with E-state index in [-0.39, 0.29) is 23.6 Å². The molecular weight excluding hydrogens is 491 g/mol. The highest BCUT2D eigenvalue weighted by Gasteiger charge is 2.25. The van der Waals surface area contributed by atoms with Gasteiger partial charge < -0.3 is 29.2 Å². The molecule has 1 aliphatic heterocycles. The maximum absolute atomic E-state index is 13.5. The van der Waals surface area contributed by atoms with Crippen molar-refractivity contribution in [1.82, 2.24) is 14.9 Å². The molecule has 3 aromatic rings. The number of hydrogen-bond acceptors (Lipinski definition) is 8. The van der Waals surface area contributed by atoms with Crippen LogP contribution in [0.5, 0.6) is 11.5 Å². The first-order valence-electron chi connectivity index (χ1n) is 11.5. The molecular formula is C25H28ClFN4O5. The van der Waals surface area contributed by atoms with E-state index in [1.165, 1.54) is 19.2 Å². The van der Waals surface area contributed by atoms with E-state index in [9.17, 15) is 9.18 Å². The summed E-state index contributed by atoms with van der Waals surface area (Å²) in [6, 6.07) is 7.93. The number of ether oxygens (including phenoxy) is 4. The molecule has 2 aromatic carbocycles. The Morgan fingerprint density at radius 2 is 1.94 bits per heavy atom. The van der Waals surface area contributed by atoms with Crippen molar-refractivity contribution in [2.24, 2.45) is 0 Å². The number of carbonyl (C=O) groups excluding carboxylic acids is 1. The van der Waals surface area contributed by atoms with Crippen LogP contribution < -0.4 is 14.8 Å². The van der Waals surface area contributed by atoms with Gasteiger partial charge in [-0.3, -0.25) is 4.79 Å². The Morgan fingerprint density at radius 1 is 1.14 bits per heavy atom. The van der Waals surface area contributed by atoms with E-state index in [0.717, 1.165) is 5.39 Å². The van der Waals surface area contributed by atoms with E-state index >= 15 is 0 Å². The first-order chi connectivity index (χ1) is 17.5. The van der Waals surface area contributed by atoms with Crippen LogP contribution in [0.3, 0.4) is 0 Å². The van der Waals surface area contributed by atoms with Gasteiger partial charge in [-0.2, -0.15) is 0 Å². The van der Waals surface area contributed by atoms with Crippen LogP contribution in [0.25, 0.3) is 10.9 Å². The molecule has 0 unspecified atom stereocenters. The second-order valence-electron chi connectivity index (χ2n) is 8.28. The van der Waals surface area contributed by atoms with Gasteiger partial charge in [-0.05, 0) is 24.3 Å². The van der Waals surface area contributed by atoms with Crippen LogP contribution in [0.15, 0.2) is 36.5 Å². The van der Waals surface area contributed by atoms with Crippen molar-refractivity contribution in [2.45, 2.75) is 18.9 Å². The van der Waals surface area contributed by atoms with Crippen molar-refractivity contribution in [2.75, 3.05) is 52.4 Å².